The number of nitrogens with zero attached hydrogens (tertiary/aromatic N) is 1. The molecular weight excluding hydrogens is 326 g/mol. The molecule has 0 spiro atoms. The number of hydrogen-bond acceptors (Lipinski definition) is 3. The number of H-pyrrole nitrogens is 1. The lowest BCUT2D eigenvalue weighted by Crippen LogP contribution is -2.48. The number of benzene rings is 2. The van der Waals surface area contributed by atoms with E-state index in [1.165, 1.54) is 0 Å². The van der Waals surface area contributed by atoms with E-state index in [1.54, 1.807) is 0 Å². The van der Waals surface area contributed by atoms with Crippen molar-refractivity contribution in [1.82, 2.24) is 15.3 Å². The molecule has 4 rings (SSSR count). The number of aromatic nitrogens is 2. The Hall–Kier alpha value is -2.66. The van der Waals surface area contributed by atoms with Crippen LogP contribution in [0, 0.1) is 0 Å². The van der Waals surface area contributed by atoms with E-state index < -0.39 is 5.41 Å². The lowest BCUT2D eigenvalue weighted by Gasteiger charge is -2.37. The molecule has 1 fully saturated rings. The van der Waals surface area contributed by atoms with E-state index in [0.717, 1.165) is 22.4 Å². The molecule has 1 aromatic heterocycles. The molecule has 2 N–H and O–H groups in total. The minimum Gasteiger partial charge on any atom is -0.381 e. The van der Waals surface area contributed by atoms with Crippen LogP contribution in [0.2, 0.25) is 0 Å². The van der Waals surface area contributed by atoms with Crippen molar-refractivity contribution in [2.24, 2.45) is 0 Å². The van der Waals surface area contributed by atoms with E-state index in [0.29, 0.717) is 26.1 Å². The molecule has 0 unspecified atom stereocenters. The number of ether oxygens (including phenoxy) is 1. The van der Waals surface area contributed by atoms with Gasteiger partial charge in [-0.15, -0.1) is 0 Å². The lowest BCUT2D eigenvalue weighted by molar-refractivity contribution is -0.131. The van der Waals surface area contributed by atoms with Crippen LogP contribution in [0.4, 0.5) is 0 Å². The lowest BCUT2D eigenvalue weighted by atomic mass is 9.73. The van der Waals surface area contributed by atoms with Gasteiger partial charge in [-0.1, -0.05) is 42.5 Å². The summed E-state index contributed by atoms with van der Waals surface area (Å²) in [6.45, 7) is 3.16. The second-order valence-corrected chi connectivity index (χ2v) is 6.89. The summed E-state index contributed by atoms with van der Waals surface area (Å²) >= 11 is 0. The van der Waals surface area contributed by atoms with Crippen LogP contribution in [0.5, 0.6) is 0 Å². The fourth-order valence-electron chi connectivity index (χ4n) is 3.70. The molecule has 0 radical (unpaired) electrons. The maximum absolute atomic E-state index is 13.3. The average molecular weight is 349 g/mol. The molecule has 1 aliphatic heterocycles. The summed E-state index contributed by atoms with van der Waals surface area (Å²) in [5, 5.41) is 3.18. The number of carbonyl (C=O) groups excluding carboxylic acids is 1. The Morgan fingerprint density at radius 3 is 2.54 bits per heavy atom. The Morgan fingerprint density at radius 2 is 1.81 bits per heavy atom. The van der Waals surface area contributed by atoms with Crippen molar-refractivity contribution in [3.05, 3.63) is 66.0 Å². The maximum atomic E-state index is 13.3. The van der Waals surface area contributed by atoms with Crippen molar-refractivity contribution in [3.63, 3.8) is 0 Å². The number of aromatic amines is 1. The quantitative estimate of drug-likeness (QED) is 0.758. The first kappa shape index (κ1) is 16.8. The van der Waals surface area contributed by atoms with E-state index in [-0.39, 0.29) is 11.9 Å². The van der Waals surface area contributed by atoms with Crippen LogP contribution in [0.3, 0.4) is 0 Å². The molecule has 1 aliphatic rings. The van der Waals surface area contributed by atoms with Crippen molar-refractivity contribution in [1.29, 1.82) is 0 Å². The highest BCUT2D eigenvalue weighted by Gasteiger charge is 2.42. The number of para-hydroxylation sites is 2. The summed E-state index contributed by atoms with van der Waals surface area (Å²) in [5.74, 6) is 0.815. The minimum absolute atomic E-state index is 0.0416. The summed E-state index contributed by atoms with van der Waals surface area (Å²) in [7, 11) is 0. The number of carbonyl (C=O) groups is 1. The van der Waals surface area contributed by atoms with Gasteiger partial charge in [0.25, 0.3) is 0 Å². The predicted octanol–water partition coefficient (Wildman–Crippen LogP) is 3.49. The second-order valence-electron chi connectivity index (χ2n) is 6.89. The highest BCUT2D eigenvalue weighted by atomic mass is 16.5. The second kappa shape index (κ2) is 6.92. The fourth-order valence-corrected chi connectivity index (χ4v) is 3.70. The van der Waals surface area contributed by atoms with Crippen LogP contribution in [-0.2, 0) is 14.9 Å². The first-order chi connectivity index (χ1) is 12.7. The van der Waals surface area contributed by atoms with E-state index in [1.807, 2.05) is 61.5 Å². The number of rotatable bonds is 4. The van der Waals surface area contributed by atoms with Crippen molar-refractivity contribution in [3.8, 4) is 0 Å². The molecule has 134 valence electrons. The zero-order chi connectivity index (χ0) is 18.0. The summed E-state index contributed by atoms with van der Waals surface area (Å²) in [4.78, 5) is 21.2. The average Bonchev–Trinajstić information content (AvgIpc) is 3.13. The molecule has 5 heteroatoms. The first-order valence-corrected chi connectivity index (χ1v) is 9.08. The Kier molecular flexibility index (Phi) is 4.47. The zero-order valence-corrected chi connectivity index (χ0v) is 14.9. The summed E-state index contributed by atoms with van der Waals surface area (Å²) in [5.41, 5.74) is 2.40. The van der Waals surface area contributed by atoms with Crippen LogP contribution in [0.15, 0.2) is 54.6 Å². The third-order valence-corrected chi connectivity index (χ3v) is 5.27. The molecular formula is C21H23N3O2. The Bertz CT molecular complexity index is 865. The van der Waals surface area contributed by atoms with Crippen LogP contribution in [0.1, 0.15) is 37.2 Å². The van der Waals surface area contributed by atoms with Crippen molar-refractivity contribution < 1.29 is 9.53 Å². The van der Waals surface area contributed by atoms with E-state index in [4.69, 9.17) is 4.74 Å². The molecule has 1 saturated heterocycles. The van der Waals surface area contributed by atoms with Crippen LogP contribution < -0.4 is 5.32 Å². The van der Waals surface area contributed by atoms with Gasteiger partial charge in [0.05, 0.1) is 22.5 Å². The molecule has 26 heavy (non-hydrogen) atoms. The molecule has 0 saturated carbocycles. The third kappa shape index (κ3) is 2.99. The van der Waals surface area contributed by atoms with Gasteiger partial charge in [0.2, 0.25) is 5.91 Å². The molecule has 2 heterocycles. The fraction of sp³-hybridized carbons (Fsp3) is 0.333. The van der Waals surface area contributed by atoms with Crippen LogP contribution in [-0.4, -0.2) is 29.1 Å². The molecule has 0 aliphatic carbocycles. The molecule has 5 nitrogen and oxygen atoms in total. The topological polar surface area (TPSA) is 67.0 Å². The molecule has 1 atom stereocenters. The van der Waals surface area contributed by atoms with Gasteiger partial charge in [-0.2, -0.15) is 0 Å². The van der Waals surface area contributed by atoms with Crippen molar-refractivity contribution >= 4 is 16.9 Å². The number of nitrogens with one attached hydrogen (secondary N) is 2. The maximum Gasteiger partial charge on any atom is 0.231 e. The molecule has 1 amide bonds. The standard InChI is InChI=1S/C21H23N3O2/c1-15(19-23-17-9-5-6-10-18(17)24-19)22-20(25)21(11-13-26-14-12-21)16-7-3-2-4-8-16/h2-10,15H,11-14H2,1H3,(H,22,25)(H,23,24)/t15-/m1/s1. The van der Waals surface area contributed by atoms with E-state index in [2.05, 4.69) is 15.3 Å². The van der Waals surface area contributed by atoms with Gasteiger partial charge >= 0.3 is 0 Å². The van der Waals surface area contributed by atoms with Crippen molar-refractivity contribution in [2.75, 3.05) is 13.2 Å². The number of imidazole rings is 1. The van der Waals surface area contributed by atoms with Crippen molar-refractivity contribution in [2.45, 2.75) is 31.2 Å². The summed E-state index contributed by atoms with van der Waals surface area (Å²) in [6, 6.07) is 17.7. The van der Waals surface area contributed by atoms with Gasteiger partial charge in [-0.25, -0.2) is 4.98 Å². The largest absolute Gasteiger partial charge is 0.381 e. The molecule has 0 bridgehead atoms. The van der Waals surface area contributed by atoms with Crippen LogP contribution in [0.25, 0.3) is 11.0 Å². The van der Waals surface area contributed by atoms with Gasteiger partial charge in [-0.05, 0) is 37.5 Å². The third-order valence-electron chi connectivity index (χ3n) is 5.27. The Balaban J connectivity index is 1.60. The summed E-state index contributed by atoms with van der Waals surface area (Å²) < 4.78 is 5.53. The highest BCUT2D eigenvalue weighted by Crippen LogP contribution is 2.35. The Labute approximate surface area is 152 Å². The van der Waals surface area contributed by atoms with Gasteiger partial charge in [-0.3, -0.25) is 4.79 Å². The number of fused-ring (bicyclic) bond motifs is 1. The van der Waals surface area contributed by atoms with Gasteiger partial charge < -0.3 is 15.0 Å². The minimum atomic E-state index is -0.542. The SMILES string of the molecule is C[C@@H](NC(=O)C1(c2ccccc2)CCOCC1)c1nc2ccccc2[nH]1. The highest BCUT2D eigenvalue weighted by molar-refractivity contribution is 5.88. The number of amides is 1. The van der Waals surface area contributed by atoms with Gasteiger partial charge in [0, 0.05) is 13.2 Å². The molecule has 2 aromatic carbocycles. The number of hydrogen-bond donors (Lipinski definition) is 2. The van der Waals surface area contributed by atoms with E-state index in [9.17, 15) is 4.79 Å². The normalized spacial score (nSPS) is 17.7. The van der Waals surface area contributed by atoms with Gasteiger partial charge in [0.15, 0.2) is 0 Å². The zero-order valence-electron chi connectivity index (χ0n) is 14.9. The first-order valence-electron chi connectivity index (χ1n) is 9.08. The summed E-state index contributed by atoms with van der Waals surface area (Å²) in [6.07, 6.45) is 1.38. The van der Waals surface area contributed by atoms with E-state index >= 15 is 0 Å². The predicted molar refractivity (Wildman–Crippen MR) is 101 cm³/mol. The van der Waals surface area contributed by atoms with Gasteiger partial charge in [0.1, 0.15) is 5.82 Å². The molecule has 3 aromatic rings. The monoisotopic (exact) mass is 349 g/mol. The Morgan fingerprint density at radius 1 is 1.12 bits per heavy atom. The smallest absolute Gasteiger partial charge is 0.231 e. The van der Waals surface area contributed by atoms with Crippen LogP contribution >= 0.6 is 0 Å².